The summed E-state index contributed by atoms with van der Waals surface area (Å²) in [5.41, 5.74) is -0.330. The molecule has 0 aliphatic carbocycles. The number of hydrogen-bond donors (Lipinski definition) is 1. The minimum Gasteiger partial charge on any atom is -0.427 e. The van der Waals surface area contributed by atoms with Crippen molar-refractivity contribution in [1.29, 1.82) is 0 Å². The van der Waals surface area contributed by atoms with Gasteiger partial charge in [-0.25, -0.2) is 0 Å². The molecule has 0 aliphatic rings. The van der Waals surface area contributed by atoms with Crippen LogP contribution in [-0.4, -0.2) is 28.6 Å². The van der Waals surface area contributed by atoms with Gasteiger partial charge in [0.2, 0.25) is 11.8 Å². The number of para-hydroxylation sites is 1. The normalized spacial score (nSPS) is 13.1. The van der Waals surface area contributed by atoms with E-state index < -0.39 is 30.2 Å². The SMILES string of the molecule is CC(C)c1nnc([C@@H](C)NC(=O)c2ccccc2OC(F)(F)C(F)F)o1. The predicted octanol–water partition coefficient (Wildman–Crippen LogP) is 3.92. The number of aromatic nitrogens is 2. The summed E-state index contributed by atoms with van der Waals surface area (Å²) in [6.07, 6.45) is -8.76. The smallest absolute Gasteiger partial charge is 0.427 e. The first-order valence-corrected chi connectivity index (χ1v) is 7.70. The largest absolute Gasteiger partial charge is 0.461 e. The van der Waals surface area contributed by atoms with Crippen LogP contribution in [0.1, 0.15) is 54.9 Å². The monoisotopic (exact) mass is 375 g/mol. The maximum atomic E-state index is 13.1. The van der Waals surface area contributed by atoms with Crippen LogP contribution in [0.5, 0.6) is 5.75 Å². The fraction of sp³-hybridized carbons (Fsp3) is 0.438. The van der Waals surface area contributed by atoms with Crippen molar-refractivity contribution in [2.45, 2.75) is 45.3 Å². The van der Waals surface area contributed by atoms with Gasteiger partial charge in [0.25, 0.3) is 5.91 Å². The zero-order chi connectivity index (χ0) is 19.5. The third-order valence-electron chi connectivity index (χ3n) is 3.30. The van der Waals surface area contributed by atoms with Crippen molar-refractivity contribution in [1.82, 2.24) is 15.5 Å². The molecule has 0 saturated heterocycles. The van der Waals surface area contributed by atoms with E-state index in [0.29, 0.717) is 5.89 Å². The zero-order valence-corrected chi connectivity index (χ0v) is 14.2. The molecular weight excluding hydrogens is 358 g/mol. The second-order valence-electron chi connectivity index (χ2n) is 5.79. The molecule has 0 aliphatic heterocycles. The first kappa shape index (κ1) is 19.7. The second-order valence-corrected chi connectivity index (χ2v) is 5.79. The molecule has 1 aromatic heterocycles. The van der Waals surface area contributed by atoms with Crippen molar-refractivity contribution in [3.8, 4) is 5.75 Å². The lowest BCUT2D eigenvalue weighted by atomic mass is 10.1. The molecule has 1 N–H and O–H groups in total. The van der Waals surface area contributed by atoms with Gasteiger partial charge in [-0.05, 0) is 19.1 Å². The number of rotatable bonds is 7. The number of carbonyl (C=O) groups excluding carboxylic acids is 1. The summed E-state index contributed by atoms with van der Waals surface area (Å²) in [4.78, 5) is 12.3. The zero-order valence-electron chi connectivity index (χ0n) is 14.2. The Morgan fingerprint density at radius 2 is 1.77 bits per heavy atom. The standard InChI is InChI=1S/C16H17F4N3O3/c1-8(2)13-22-23-14(25-13)9(3)21-12(24)10-6-4-5-7-11(10)26-16(19,20)15(17)18/h4-9,15H,1-3H3,(H,21,24)/t9-/m1/s1. The maximum Gasteiger partial charge on any atom is 0.461 e. The maximum absolute atomic E-state index is 13.1. The molecule has 1 aromatic carbocycles. The fourth-order valence-electron chi connectivity index (χ4n) is 1.93. The summed E-state index contributed by atoms with van der Waals surface area (Å²) in [6, 6.07) is 4.11. The van der Waals surface area contributed by atoms with Crippen LogP contribution in [-0.2, 0) is 0 Å². The molecule has 2 aromatic rings. The van der Waals surface area contributed by atoms with Gasteiger partial charge < -0.3 is 14.5 Å². The first-order valence-electron chi connectivity index (χ1n) is 7.70. The van der Waals surface area contributed by atoms with Crippen LogP contribution in [0.2, 0.25) is 0 Å². The molecule has 10 heteroatoms. The number of carbonyl (C=O) groups is 1. The molecule has 1 amide bonds. The molecule has 0 bridgehead atoms. The quantitative estimate of drug-likeness (QED) is 0.742. The lowest BCUT2D eigenvalue weighted by molar-refractivity contribution is -0.253. The van der Waals surface area contributed by atoms with Gasteiger partial charge in [-0.2, -0.15) is 17.6 Å². The van der Waals surface area contributed by atoms with E-state index in [9.17, 15) is 22.4 Å². The third kappa shape index (κ3) is 4.50. The molecule has 6 nitrogen and oxygen atoms in total. The van der Waals surface area contributed by atoms with Crippen LogP contribution >= 0.6 is 0 Å². The molecule has 26 heavy (non-hydrogen) atoms. The Bertz CT molecular complexity index is 765. The van der Waals surface area contributed by atoms with Crippen LogP contribution in [0.15, 0.2) is 28.7 Å². The van der Waals surface area contributed by atoms with Gasteiger partial charge >= 0.3 is 12.5 Å². The highest BCUT2D eigenvalue weighted by molar-refractivity contribution is 5.97. The van der Waals surface area contributed by atoms with E-state index in [1.54, 1.807) is 6.92 Å². The second kappa shape index (κ2) is 7.71. The van der Waals surface area contributed by atoms with Crippen LogP contribution in [0.25, 0.3) is 0 Å². The molecule has 2 rings (SSSR count). The van der Waals surface area contributed by atoms with Gasteiger partial charge in [0.05, 0.1) is 5.56 Å². The van der Waals surface area contributed by atoms with Gasteiger partial charge in [0.1, 0.15) is 11.8 Å². The summed E-state index contributed by atoms with van der Waals surface area (Å²) >= 11 is 0. The van der Waals surface area contributed by atoms with Gasteiger partial charge in [-0.1, -0.05) is 26.0 Å². The average Bonchev–Trinajstić information content (AvgIpc) is 3.05. The number of benzene rings is 1. The molecular formula is C16H17F4N3O3. The summed E-state index contributed by atoms with van der Waals surface area (Å²) < 4.78 is 60.4. The molecule has 0 spiro atoms. The number of nitrogens with one attached hydrogen (secondary N) is 1. The van der Waals surface area contributed by atoms with E-state index in [4.69, 9.17) is 4.42 Å². The minimum atomic E-state index is -4.72. The van der Waals surface area contributed by atoms with E-state index in [1.165, 1.54) is 18.2 Å². The Kier molecular flexibility index (Phi) is 5.83. The molecule has 0 unspecified atom stereocenters. The Balaban J connectivity index is 2.16. The summed E-state index contributed by atoms with van der Waals surface area (Å²) in [7, 11) is 0. The Labute approximate surface area is 146 Å². The van der Waals surface area contributed by atoms with Gasteiger partial charge in [-0.15, -0.1) is 10.2 Å². The fourth-order valence-corrected chi connectivity index (χ4v) is 1.93. The minimum absolute atomic E-state index is 0.00939. The summed E-state index contributed by atoms with van der Waals surface area (Å²) in [6.45, 7) is 5.24. The Hall–Kier alpha value is -2.65. The highest BCUT2D eigenvalue weighted by Gasteiger charge is 2.44. The molecule has 0 fully saturated rings. The van der Waals surface area contributed by atoms with Crippen LogP contribution in [0.3, 0.4) is 0 Å². The lowest BCUT2D eigenvalue weighted by Crippen LogP contribution is -2.35. The number of amides is 1. The number of ether oxygens (including phenoxy) is 1. The number of alkyl halides is 4. The predicted molar refractivity (Wildman–Crippen MR) is 82.3 cm³/mol. The van der Waals surface area contributed by atoms with Crippen molar-refractivity contribution in [3.05, 3.63) is 41.6 Å². The Morgan fingerprint density at radius 3 is 2.35 bits per heavy atom. The van der Waals surface area contributed by atoms with Gasteiger partial charge in [0.15, 0.2) is 0 Å². The molecule has 0 saturated carbocycles. The van der Waals surface area contributed by atoms with Crippen LogP contribution in [0.4, 0.5) is 17.6 Å². The summed E-state index contributed by atoms with van der Waals surface area (Å²) in [5.74, 6) is -0.997. The molecule has 142 valence electrons. The number of nitrogens with zero attached hydrogens (tertiary/aromatic N) is 2. The van der Waals surface area contributed by atoms with E-state index in [0.717, 1.165) is 6.07 Å². The van der Waals surface area contributed by atoms with E-state index in [2.05, 4.69) is 20.3 Å². The average molecular weight is 375 g/mol. The first-order chi connectivity index (χ1) is 12.1. The van der Waals surface area contributed by atoms with Crippen molar-refractivity contribution in [3.63, 3.8) is 0 Å². The molecule has 1 heterocycles. The van der Waals surface area contributed by atoms with Gasteiger partial charge in [-0.3, -0.25) is 4.79 Å². The summed E-state index contributed by atoms with van der Waals surface area (Å²) in [5, 5.41) is 10.1. The van der Waals surface area contributed by atoms with Crippen molar-refractivity contribution < 1.29 is 31.5 Å². The van der Waals surface area contributed by atoms with Crippen LogP contribution < -0.4 is 10.1 Å². The number of halogens is 4. The molecule has 0 radical (unpaired) electrons. The molecule has 1 atom stereocenters. The third-order valence-corrected chi connectivity index (χ3v) is 3.30. The van der Waals surface area contributed by atoms with Crippen LogP contribution in [0, 0.1) is 0 Å². The highest BCUT2D eigenvalue weighted by atomic mass is 19.3. The van der Waals surface area contributed by atoms with E-state index in [1.807, 2.05) is 13.8 Å². The van der Waals surface area contributed by atoms with E-state index in [-0.39, 0.29) is 17.4 Å². The lowest BCUT2D eigenvalue weighted by Gasteiger charge is -2.19. The van der Waals surface area contributed by atoms with Gasteiger partial charge in [0, 0.05) is 5.92 Å². The van der Waals surface area contributed by atoms with Crippen molar-refractivity contribution in [2.24, 2.45) is 0 Å². The number of hydrogen-bond acceptors (Lipinski definition) is 5. The highest BCUT2D eigenvalue weighted by Crippen LogP contribution is 2.30. The topological polar surface area (TPSA) is 77.2 Å². The Morgan fingerprint density at radius 1 is 1.15 bits per heavy atom. The van der Waals surface area contributed by atoms with E-state index >= 15 is 0 Å². The van der Waals surface area contributed by atoms with Crippen molar-refractivity contribution >= 4 is 5.91 Å². The van der Waals surface area contributed by atoms with Crippen molar-refractivity contribution in [2.75, 3.05) is 0 Å².